The van der Waals surface area contributed by atoms with E-state index < -0.39 is 5.97 Å². The Bertz CT molecular complexity index is 998. The maximum Gasteiger partial charge on any atom is 0.337 e. The molecule has 2 heterocycles. The van der Waals surface area contributed by atoms with Crippen LogP contribution in [0.1, 0.15) is 47.5 Å². The number of thiophene rings is 1. The van der Waals surface area contributed by atoms with Gasteiger partial charge in [-0.05, 0) is 42.7 Å². The van der Waals surface area contributed by atoms with Crippen LogP contribution in [0.15, 0.2) is 24.3 Å². The van der Waals surface area contributed by atoms with E-state index in [-0.39, 0.29) is 17.2 Å². The molecule has 3 N–H and O–H groups in total. The van der Waals surface area contributed by atoms with Crippen LogP contribution >= 0.6 is 11.3 Å². The second-order valence-corrected chi connectivity index (χ2v) is 10.4. The van der Waals surface area contributed by atoms with Crippen molar-refractivity contribution in [1.29, 1.82) is 0 Å². The zero-order chi connectivity index (χ0) is 21.6. The third kappa shape index (κ3) is 3.77. The first kappa shape index (κ1) is 21.0. The Morgan fingerprint density at radius 2 is 2.03 bits per heavy atom. The van der Waals surface area contributed by atoms with Crippen LogP contribution in [0.5, 0.6) is 0 Å². The molecule has 1 aliphatic carbocycles. The van der Waals surface area contributed by atoms with Gasteiger partial charge in [0, 0.05) is 30.6 Å². The number of hydrazine groups is 1. The quantitative estimate of drug-likeness (QED) is 0.725. The predicted molar refractivity (Wildman–Crippen MR) is 120 cm³/mol. The molecular formula is C23H29N3O3S. The molecule has 7 heteroatoms. The van der Waals surface area contributed by atoms with E-state index in [9.17, 15) is 14.7 Å². The molecule has 1 amide bonds. The van der Waals surface area contributed by atoms with Crippen LogP contribution in [0, 0.1) is 11.3 Å². The number of hydrogen-bond acceptors (Lipinski definition) is 5. The molecule has 0 saturated carbocycles. The highest BCUT2D eigenvalue weighted by Crippen LogP contribution is 2.47. The van der Waals surface area contributed by atoms with Crippen molar-refractivity contribution >= 4 is 28.9 Å². The SMILES string of the molecule is CN(C(=O)[C@H]1CCN(N)C1)c1ccccc1-c1sc2c(c1C(=O)O)CC(C)(C)CC2. The molecule has 6 nitrogen and oxygen atoms in total. The molecule has 4 rings (SSSR count). The van der Waals surface area contributed by atoms with Gasteiger partial charge in [0.1, 0.15) is 0 Å². The summed E-state index contributed by atoms with van der Waals surface area (Å²) >= 11 is 1.57. The highest BCUT2D eigenvalue weighted by molar-refractivity contribution is 7.16. The number of carbonyl (C=O) groups excluding carboxylic acids is 1. The molecule has 2 aromatic rings. The number of amides is 1. The number of anilines is 1. The number of aryl methyl sites for hydroxylation is 1. The van der Waals surface area contributed by atoms with Crippen molar-refractivity contribution in [2.24, 2.45) is 17.2 Å². The van der Waals surface area contributed by atoms with Crippen molar-refractivity contribution in [3.05, 3.63) is 40.3 Å². The summed E-state index contributed by atoms with van der Waals surface area (Å²) in [7, 11) is 1.78. The number of carbonyl (C=O) groups is 2. The summed E-state index contributed by atoms with van der Waals surface area (Å²) in [6, 6.07) is 7.63. The van der Waals surface area contributed by atoms with E-state index in [0.29, 0.717) is 18.7 Å². The number of nitrogens with zero attached hydrogens (tertiary/aromatic N) is 2. The third-order valence-electron chi connectivity index (χ3n) is 6.40. The van der Waals surface area contributed by atoms with Crippen molar-refractivity contribution in [3.8, 4) is 10.4 Å². The summed E-state index contributed by atoms with van der Waals surface area (Å²) in [5, 5.41) is 11.8. The van der Waals surface area contributed by atoms with Crippen LogP contribution in [0.2, 0.25) is 0 Å². The molecule has 1 aliphatic heterocycles. The largest absolute Gasteiger partial charge is 0.478 e. The van der Waals surface area contributed by atoms with Crippen molar-refractivity contribution in [2.45, 2.75) is 39.5 Å². The van der Waals surface area contributed by atoms with Crippen molar-refractivity contribution in [2.75, 3.05) is 25.0 Å². The first-order chi connectivity index (χ1) is 14.2. The summed E-state index contributed by atoms with van der Waals surface area (Å²) in [5.41, 5.74) is 3.03. The topological polar surface area (TPSA) is 86.9 Å². The Labute approximate surface area is 181 Å². The van der Waals surface area contributed by atoms with Crippen LogP contribution < -0.4 is 10.7 Å². The molecule has 1 aromatic carbocycles. The minimum absolute atomic E-state index is 0.0229. The van der Waals surface area contributed by atoms with Crippen LogP contribution in [0.4, 0.5) is 5.69 Å². The fourth-order valence-electron chi connectivity index (χ4n) is 4.68. The van der Waals surface area contributed by atoms with Gasteiger partial charge in [-0.3, -0.25) is 10.6 Å². The number of para-hydroxylation sites is 1. The van der Waals surface area contributed by atoms with Gasteiger partial charge in [0.15, 0.2) is 0 Å². The molecule has 1 saturated heterocycles. The van der Waals surface area contributed by atoms with Crippen LogP contribution in [0.25, 0.3) is 10.4 Å². The summed E-state index contributed by atoms with van der Waals surface area (Å²) in [4.78, 5) is 29.0. The van der Waals surface area contributed by atoms with Crippen molar-refractivity contribution in [3.63, 3.8) is 0 Å². The average Bonchev–Trinajstić information content (AvgIpc) is 3.29. The number of carboxylic acids is 1. The fraction of sp³-hybridized carbons (Fsp3) is 0.478. The van der Waals surface area contributed by atoms with Crippen molar-refractivity contribution < 1.29 is 14.7 Å². The average molecular weight is 428 g/mol. The minimum Gasteiger partial charge on any atom is -0.478 e. The lowest BCUT2D eigenvalue weighted by molar-refractivity contribution is -0.121. The number of rotatable bonds is 4. The van der Waals surface area contributed by atoms with Crippen molar-refractivity contribution in [1.82, 2.24) is 5.01 Å². The number of carboxylic acid groups (broad SMARTS) is 1. The fourth-order valence-corrected chi connectivity index (χ4v) is 6.02. The maximum absolute atomic E-state index is 13.1. The Hall–Kier alpha value is -2.22. The molecule has 0 radical (unpaired) electrons. The Morgan fingerprint density at radius 3 is 2.70 bits per heavy atom. The summed E-state index contributed by atoms with van der Waals surface area (Å²) in [5.74, 6) is 4.85. The molecule has 30 heavy (non-hydrogen) atoms. The van der Waals surface area contributed by atoms with Crippen LogP contribution in [-0.2, 0) is 17.6 Å². The monoisotopic (exact) mass is 427 g/mol. The van der Waals surface area contributed by atoms with E-state index in [1.54, 1.807) is 28.3 Å². The Balaban J connectivity index is 1.77. The number of nitrogens with two attached hydrogens (primary N) is 1. The lowest BCUT2D eigenvalue weighted by atomic mass is 9.76. The second-order valence-electron chi connectivity index (χ2n) is 9.25. The van der Waals surface area contributed by atoms with Gasteiger partial charge in [0.25, 0.3) is 0 Å². The summed E-state index contributed by atoms with van der Waals surface area (Å²) in [6.07, 6.45) is 3.46. The van der Waals surface area contributed by atoms with Gasteiger partial charge in [-0.15, -0.1) is 11.3 Å². The molecule has 1 aromatic heterocycles. The highest BCUT2D eigenvalue weighted by Gasteiger charge is 2.35. The number of hydrogen-bond donors (Lipinski definition) is 2. The van der Waals surface area contributed by atoms with Gasteiger partial charge in [-0.2, -0.15) is 0 Å². The minimum atomic E-state index is -0.890. The zero-order valence-electron chi connectivity index (χ0n) is 17.8. The Morgan fingerprint density at radius 1 is 1.30 bits per heavy atom. The first-order valence-electron chi connectivity index (χ1n) is 10.4. The number of benzene rings is 1. The van der Waals surface area contributed by atoms with Gasteiger partial charge in [0.05, 0.1) is 22.0 Å². The molecule has 1 fully saturated rings. The molecule has 1 atom stereocenters. The zero-order valence-corrected chi connectivity index (χ0v) is 18.6. The molecule has 0 unspecified atom stereocenters. The van der Waals surface area contributed by atoms with Gasteiger partial charge >= 0.3 is 5.97 Å². The van der Waals surface area contributed by atoms with Crippen LogP contribution in [-0.4, -0.2) is 42.1 Å². The van der Waals surface area contributed by atoms with Gasteiger partial charge < -0.3 is 10.0 Å². The number of fused-ring (bicyclic) bond motifs is 1. The van der Waals surface area contributed by atoms with Gasteiger partial charge in [0.2, 0.25) is 5.91 Å². The van der Waals surface area contributed by atoms with E-state index in [1.165, 1.54) is 4.88 Å². The molecule has 0 bridgehead atoms. The first-order valence-corrected chi connectivity index (χ1v) is 11.2. The maximum atomic E-state index is 13.1. The van der Waals surface area contributed by atoms with E-state index >= 15 is 0 Å². The van der Waals surface area contributed by atoms with Gasteiger partial charge in [-0.1, -0.05) is 32.0 Å². The van der Waals surface area contributed by atoms with E-state index in [2.05, 4.69) is 13.8 Å². The predicted octanol–water partition coefficient (Wildman–Crippen LogP) is 3.79. The highest BCUT2D eigenvalue weighted by atomic mass is 32.1. The Kier molecular flexibility index (Phi) is 5.46. The van der Waals surface area contributed by atoms with Crippen LogP contribution in [0.3, 0.4) is 0 Å². The molecule has 2 aliphatic rings. The standard InChI is InChI=1S/C23H29N3O3S/c1-23(2)10-8-18-16(12-23)19(22(28)29)20(30-18)15-6-4-5-7-17(15)25(3)21(27)14-9-11-26(24)13-14/h4-7,14H,8-13,24H2,1-3H3,(H,28,29)/t14-/m0/s1. The molecule has 160 valence electrons. The smallest absolute Gasteiger partial charge is 0.337 e. The summed E-state index contributed by atoms with van der Waals surface area (Å²) < 4.78 is 0. The normalized spacial score (nSPS) is 20.7. The lowest BCUT2D eigenvalue weighted by Gasteiger charge is -2.29. The second kappa shape index (κ2) is 7.80. The van der Waals surface area contributed by atoms with E-state index in [1.807, 2.05) is 24.3 Å². The lowest BCUT2D eigenvalue weighted by Crippen LogP contribution is -2.36. The molecular weight excluding hydrogens is 398 g/mol. The molecule has 0 spiro atoms. The van der Waals surface area contributed by atoms with E-state index in [0.717, 1.165) is 47.4 Å². The van der Waals surface area contributed by atoms with E-state index in [4.69, 9.17) is 5.84 Å². The third-order valence-corrected chi connectivity index (χ3v) is 7.72. The summed E-state index contributed by atoms with van der Waals surface area (Å²) in [6.45, 7) is 5.65. The number of aromatic carboxylic acids is 1. The van der Waals surface area contributed by atoms with Gasteiger partial charge in [-0.25, -0.2) is 9.80 Å².